The first-order chi connectivity index (χ1) is 8.68. The average Bonchev–Trinajstić information content (AvgIpc) is 2.27. The first kappa shape index (κ1) is 13.4. The fourth-order valence-corrected chi connectivity index (χ4v) is 2.78. The molecule has 0 aromatic heterocycles. The number of anilines is 1. The van der Waals surface area contributed by atoms with Crippen molar-refractivity contribution in [3.63, 3.8) is 0 Å². The molecule has 0 amide bonds. The van der Waals surface area contributed by atoms with Crippen molar-refractivity contribution in [2.45, 2.75) is 32.1 Å². The molecule has 0 bridgehead atoms. The normalized spacial score (nSPS) is 17.1. The summed E-state index contributed by atoms with van der Waals surface area (Å²) in [5.74, 6) is -0.848. The van der Waals surface area contributed by atoms with E-state index in [1.54, 1.807) is 12.1 Å². The molecule has 1 heterocycles. The predicted octanol–water partition coefficient (Wildman–Crippen LogP) is 3.92. The Bertz CT molecular complexity index is 426. The summed E-state index contributed by atoms with van der Waals surface area (Å²) in [6.07, 6.45) is 6.08. The number of aromatic carboxylic acids is 1. The lowest BCUT2D eigenvalue weighted by Crippen LogP contribution is -2.28. The smallest absolute Gasteiger partial charge is 0.337 e. The van der Waals surface area contributed by atoms with Gasteiger partial charge in [-0.1, -0.05) is 35.2 Å². The molecular weight excluding hydrogens is 294 g/mol. The van der Waals surface area contributed by atoms with Crippen LogP contribution >= 0.6 is 15.9 Å². The average molecular weight is 312 g/mol. The van der Waals surface area contributed by atoms with Crippen LogP contribution in [-0.2, 0) is 0 Å². The van der Waals surface area contributed by atoms with Gasteiger partial charge in [0.05, 0.1) is 11.3 Å². The lowest BCUT2D eigenvalue weighted by molar-refractivity contribution is 0.0697. The van der Waals surface area contributed by atoms with Crippen LogP contribution in [0.15, 0.2) is 22.7 Å². The van der Waals surface area contributed by atoms with Crippen molar-refractivity contribution in [2.75, 3.05) is 18.0 Å². The molecule has 3 nitrogen and oxygen atoms in total. The van der Waals surface area contributed by atoms with Gasteiger partial charge in [0.1, 0.15) is 0 Å². The number of carbonyl (C=O) groups is 1. The maximum Gasteiger partial charge on any atom is 0.337 e. The standard InChI is InChI=1S/C14H18BrNO2/c15-11-6-7-12(14(17)18)13(10-11)16-8-4-2-1-3-5-9-16/h6-7,10H,1-5,8-9H2,(H,17,18). The zero-order valence-electron chi connectivity index (χ0n) is 10.4. The van der Waals surface area contributed by atoms with Crippen LogP contribution in [0.4, 0.5) is 5.69 Å². The van der Waals surface area contributed by atoms with E-state index in [-0.39, 0.29) is 0 Å². The first-order valence-electron chi connectivity index (χ1n) is 6.46. The fraction of sp³-hybridized carbons (Fsp3) is 0.500. The second kappa shape index (κ2) is 6.23. The molecule has 1 fully saturated rings. The topological polar surface area (TPSA) is 40.5 Å². The monoisotopic (exact) mass is 311 g/mol. The SMILES string of the molecule is O=C(O)c1ccc(Br)cc1N1CCCCCCC1. The molecule has 98 valence electrons. The quantitative estimate of drug-likeness (QED) is 0.900. The molecule has 1 N–H and O–H groups in total. The van der Waals surface area contributed by atoms with E-state index in [9.17, 15) is 9.90 Å². The van der Waals surface area contributed by atoms with Gasteiger partial charge in [-0.05, 0) is 31.0 Å². The lowest BCUT2D eigenvalue weighted by atomic mass is 10.1. The molecule has 1 aliphatic heterocycles. The molecule has 1 aromatic rings. The minimum Gasteiger partial charge on any atom is -0.478 e. The third-order valence-electron chi connectivity index (χ3n) is 3.39. The second-order valence-electron chi connectivity index (χ2n) is 4.72. The Morgan fingerprint density at radius 2 is 1.72 bits per heavy atom. The van der Waals surface area contributed by atoms with Crippen molar-refractivity contribution in [3.05, 3.63) is 28.2 Å². The molecule has 0 spiro atoms. The van der Waals surface area contributed by atoms with Crippen LogP contribution in [0, 0.1) is 0 Å². The van der Waals surface area contributed by atoms with Gasteiger partial charge in [0.15, 0.2) is 0 Å². The zero-order valence-corrected chi connectivity index (χ0v) is 11.9. The Kier molecular flexibility index (Phi) is 4.64. The van der Waals surface area contributed by atoms with Gasteiger partial charge in [-0.25, -0.2) is 4.79 Å². The van der Waals surface area contributed by atoms with E-state index in [2.05, 4.69) is 20.8 Å². The summed E-state index contributed by atoms with van der Waals surface area (Å²) in [4.78, 5) is 13.5. The number of benzene rings is 1. The van der Waals surface area contributed by atoms with Crippen molar-refractivity contribution in [1.82, 2.24) is 0 Å². The molecule has 1 aliphatic rings. The van der Waals surface area contributed by atoms with Crippen LogP contribution in [0.3, 0.4) is 0 Å². The van der Waals surface area contributed by atoms with Gasteiger partial charge < -0.3 is 10.0 Å². The van der Waals surface area contributed by atoms with Gasteiger partial charge in [0.2, 0.25) is 0 Å². The highest BCUT2D eigenvalue weighted by atomic mass is 79.9. The van der Waals surface area contributed by atoms with Gasteiger partial charge in [0.25, 0.3) is 0 Å². The van der Waals surface area contributed by atoms with E-state index in [1.165, 1.54) is 19.3 Å². The fourth-order valence-electron chi connectivity index (χ4n) is 2.44. The van der Waals surface area contributed by atoms with Crippen molar-refractivity contribution in [1.29, 1.82) is 0 Å². The maximum atomic E-state index is 11.3. The summed E-state index contributed by atoms with van der Waals surface area (Å²) in [5.41, 5.74) is 1.25. The van der Waals surface area contributed by atoms with Gasteiger partial charge >= 0.3 is 5.97 Å². The van der Waals surface area contributed by atoms with E-state index in [0.29, 0.717) is 5.56 Å². The molecule has 0 radical (unpaired) electrons. The van der Waals surface area contributed by atoms with E-state index in [4.69, 9.17) is 0 Å². The van der Waals surface area contributed by atoms with Crippen molar-refractivity contribution < 1.29 is 9.90 Å². The third-order valence-corrected chi connectivity index (χ3v) is 3.88. The number of hydrogen-bond acceptors (Lipinski definition) is 2. The number of nitrogens with zero attached hydrogens (tertiary/aromatic N) is 1. The molecular formula is C14H18BrNO2. The minimum atomic E-state index is -0.848. The molecule has 2 rings (SSSR count). The molecule has 1 aromatic carbocycles. The van der Waals surface area contributed by atoms with Crippen LogP contribution in [0.25, 0.3) is 0 Å². The van der Waals surface area contributed by atoms with Crippen molar-refractivity contribution >= 4 is 27.6 Å². The van der Waals surface area contributed by atoms with Gasteiger partial charge in [-0.15, -0.1) is 0 Å². The molecule has 0 saturated carbocycles. The highest BCUT2D eigenvalue weighted by Crippen LogP contribution is 2.27. The van der Waals surface area contributed by atoms with Crippen LogP contribution in [0.1, 0.15) is 42.5 Å². The largest absolute Gasteiger partial charge is 0.478 e. The zero-order chi connectivity index (χ0) is 13.0. The molecule has 0 atom stereocenters. The number of carboxylic acid groups (broad SMARTS) is 1. The molecule has 4 heteroatoms. The summed E-state index contributed by atoms with van der Waals surface area (Å²) >= 11 is 3.43. The first-order valence-corrected chi connectivity index (χ1v) is 7.25. The van der Waals surface area contributed by atoms with Crippen molar-refractivity contribution in [3.8, 4) is 0 Å². The minimum absolute atomic E-state index is 0.402. The number of hydrogen-bond donors (Lipinski definition) is 1. The summed E-state index contributed by atoms with van der Waals surface area (Å²) in [6.45, 7) is 1.91. The third kappa shape index (κ3) is 3.25. The Balaban J connectivity index is 2.28. The summed E-state index contributed by atoms with van der Waals surface area (Å²) in [7, 11) is 0. The second-order valence-corrected chi connectivity index (χ2v) is 5.64. The lowest BCUT2D eigenvalue weighted by Gasteiger charge is -2.28. The number of carboxylic acids is 1. The van der Waals surface area contributed by atoms with Crippen molar-refractivity contribution in [2.24, 2.45) is 0 Å². The van der Waals surface area contributed by atoms with Crippen LogP contribution < -0.4 is 4.90 Å². The van der Waals surface area contributed by atoms with E-state index < -0.39 is 5.97 Å². The highest BCUT2D eigenvalue weighted by molar-refractivity contribution is 9.10. The van der Waals surface area contributed by atoms with Crippen LogP contribution in [-0.4, -0.2) is 24.2 Å². The molecule has 1 saturated heterocycles. The van der Waals surface area contributed by atoms with E-state index in [1.807, 2.05) is 6.07 Å². The van der Waals surface area contributed by atoms with Crippen LogP contribution in [0.2, 0.25) is 0 Å². The number of rotatable bonds is 2. The Hall–Kier alpha value is -1.03. The van der Waals surface area contributed by atoms with Gasteiger partial charge in [-0.2, -0.15) is 0 Å². The predicted molar refractivity (Wildman–Crippen MR) is 76.4 cm³/mol. The van der Waals surface area contributed by atoms with E-state index in [0.717, 1.165) is 36.1 Å². The Morgan fingerprint density at radius 3 is 2.33 bits per heavy atom. The number of halogens is 1. The molecule has 0 aliphatic carbocycles. The van der Waals surface area contributed by atoms with Gasteiger partial charge in [0, 0.05) is 17.6 Å². The molecule has 0 unspecified atom stereocenters. The van der Waals surface area contributed by atoms with Gasteiger partial charge in [-0.3, -0.25) is 0 Å². The summed E-state index contributed by atoms with van der Waals surface area (Å²) < 4.78 is 0.935. The van der Waals surface area contributed by atoms with Crippen LogP contribution in [0.5, 0.6) is 0 Å². The van der Waals surface area contributed by atoms with E-state index >= 15 is 0 Å². The molecule has 18 heavy (non-hydrogen) atoms. The highest BCUT2D eigenvalue weighted by Gasteiger charge is 2.17. The summed E-state index contributed by atoms with van der Waals surface area (Å²) in [6, 6.07) is 5.39. The Labute approximate surface area is 116 Å². The Morgan fingerprint density at radius 1 is 1.11 bits per heavy atom. The maximum absolute atomic E-state index is 11.3. The summed E-state index contributed by atoms with van der Waals surface area (Å²) in [5, 5.41) is 9.27.